The zero-order chi connectivity index (χ0) is 23.5. The number of carbonyl (C=O) groups is 2. The van der Waals surface area contributed by atoms with Gasteiger partial charge in [0.25, 0.3) is 15.9 Å². The molecule has 0 aliphatic carbocycles. The third kappa shape index (κ3) is 5.52. The molecule has 3 rings (SSSR count). The number of halogens is 1. The quantitative estimate of drug-likeness (QED) is 0.618. The summed E-state index contributed by atoms with van der Waals surface area (Å²) in [6, 6.07) is 4.67. The largest absolute Gasteiger partial charge is 0.455 e. The number of aromatic nitrogens is 2. The molecule has 32 heavy (non-hydrogen) atoms. The van der Waals surface area contributed by atoms with E-state index in [0.717, 1.165) is 0 Å². The van der Waals surface area contributed by atoms with E-state index in [4.69, 9.17) is 4.74 Å². The van der Waals surface area contributed by atoms with Gasteiger partial charge in [0, 0.05) is 32.9 Å². The van der Waals surface area contributed by atoms with Crippen molar-refractivity contribution >= 4 is 21.9 Å². The van der Waals surface area contributed by atoms with E-state index in [1.54, 1.807) is 37.6 Å². The first-order valence-electron chi connectivity index (χ1n) is 10.3. The molecule has 1 aromatic heterocycles. The monoisotopic (exact) mass is 466 g/mol. The highest BCUT2D eigenvalue weighted by Crippen LogP contribution is 2.24. The molecule has 2 aromatic rings. The minimum atomic E-state index is -3.72. The molecule has 2 heterocycles. The highest BCUT2D eigenvalue weighted by atomic mass is 32.2. The number of piperidine rings is 1. The number of amides is 1. The van der Waals surface area contributed by atoms with Crippen molar-refractivity contribution in [1.29, 1.82) is 0 Å². The number of rotatable bonds is 7. The summed E-state index contributed by atoms with van der Waals surface area (Å²) in [7, 11) is -2.00. The number of hydrogen-bond acceptors (Lipinski definition) is 6. The van der Waals surface area contributed by atoms with Crippen LogP contribution in [0, 0.1) is 25.6 Å². The van der Waals surface area contributed by atoms with Crippen LogP contribution in [0.15, 0.2) is 29.4 Å². The lowest BCUT2D eigenvalue weighted by atomic mass is 9.98. The maximum atomic E-state index is 13.6. The predicted octanol–water partition coefficient (Wildman–Crippen LogP) is 1.44. The molecule has 0 bridgehead atoms. The van der Waals surface area contributed by atoms with Gasteiger partial charge < -0.3 is 14.6 Å². The molecule has 0 spiro atoms. The second-order valence-electron chi connectivity index (χ2n) is 7.88. The number of benzene rings is 1. The van der Waals surface area contributed by atoms with Crippen LogP contribution >= 0.6 is 0 Å². The van der Waals surface area contributed by atoms with Gasteiger partial charge in [0.2, 0.25) is 0 Å². The van der Waals surface area contributed by atoms with Crippen LogP contribution in [0.25, 0.3) is 0 Å². The van der Waals surface area contributed by atoms with Gasteiger partial charge in [0.1, 0.15) is 11.6 Å². The second kappa shape index (κ2) is 9.78. The summed E-state index contributed by atoms with van der Waals surface area (Å²) in [5, 5.41) is 2.57. The van der Waals surface area contributed by atoms with E-state index >= 15 is 0 Å². The van der Waals surface area contributed by atoms with E-state index < -0.39 is 34.4 Å². The van der Waals surface area contributed by atoms with Crippen LogP contribution in [0.4, 0.5) is 4.39 Å². The van der Waals surface area contributed by atoms with E-state index in [9.17, 15) is 22.4 Å². The predicted molar refractivity (Wildman–Crippen MR) is 113 cm³/mol. The van der Waals surface area contributed by atoms with Gasteiger partial charge in [-0.2, -0.15) is 4.31 Å². The number of imidazole rings is 1. The Morgan fingerprint density at radius 3 is 2.53 bits per heavy atom. The molecule has 1 aromatic carbocycles. The Balaban J connectivity index is 1.44. The third-order valence-corrected chi connectivity index (χ3v) is 7.32. The number of nitrogens with zero attached hydrogens (tertiary/aromatic N) is 3. The number of sulfonamides is 1. The van der Waals surface area contributed by atoms with Crippen molar-refractivity contribution in [2.24, 2.45) is 13.0 Å². The topological polar surface area (TPSA) is 111 Å². The van der Waals surface area contributed by atoms with Crippen molar-refractivity contribution in [3.05, 3.63) is 47.2 Å². The normalized spacial score (nSPS) is 15.5. The Labute approximate surface area is 186 Å². The minimum absolute atomic E-state index is 0.0105. The summed E-state index contributed by atoms with van der Waals surface area (Å²) in [5.74, 6) is -1.27. The van der Waals surface area contributed by atoms with E-state index in [2.05, 4.69) is 10.3 Å². The zero-order valence-corrected chi connectivity index (χ0v) is 19.1. The molecule has 0 saturated carbocycles. The lowest BCUT2D eigenvalue weighted by molar-refractivity contribution is -0.153. The van der Waals surface area contributed by atoms with Crippen LogP contribution in [0.5, 0.6) is 0 Å². The average molecular weight is 467 g/mol. The molecular weight excluding hydrogens is 439 g/mol. The molecule has 1 N–H and O–H groups in total. The third-order valence-electron chi connectivity index (χ3n) is 5.55. The molecule has 1 amide bonds. The first-order valence-corrected chi connectivity index (χ1v) is 11.7. The van der Waals surface area contributed by atoms with Crippen LogP contribution in [-0.2, 0) is 37.9 Å². The van der Waals surface area contributed by atoms with Gasteiger partial charge in [-0.15, -0.1) is 0 Å². The Kier molecular flexibility index (Phi) is 7.29. The molecule has 1 fully saturated rings. The van der Waals surface area contributed by atoms with Crippen LogP contribution in [0.3, 0.4) is 0 Å². The summed E-state index contributed by atoms with van der Waals surface area (Å²) in [6.45, 7) is 3.38. The van der Waals surface area contributed by atoms with Gasteiger partial charge in [0.15, 0.2) is 11.6 Å². The first kappa shape index (κ1) is 23.9. The Morgan fingerprint density at radius 2 is 1.94 bits per heavy atom. The minimum Gasteiger partial charge on any atom is -0.455 e. The molecule has 1 aliphatic heterocycles. The average Bonchev–Trinajstić information content (AvgIpc) is 3.12. The summed E-state index contributed by atoms with van der Waals surface area (Å²) >= 11 is 0. The maximum Gasteiger partial charge on any atom is 0.309 e. The standard InChI is InChI=1S/C21H27FN4O5S/c1-14-4-5-16(10-18(14)22)11-23-19(27)13-31-21(28)17-6-8-26(9-7-17)32(29,30)20-12-25(3)15(2)24-20/h4-5,10,12,17H,6-9,11,13H2,1-3H3,(H,23,27). The molecule has 9 nitrogen and oxygen atoms in total. The molecule has 1 aliphatic rings. The van der Waals surface area contributed by atoms with Crippen LogP contribution < -0.4 is 5.32 Å². The van der Waals surface area contributed by atoms with Crippen LogP contribution in [0.1, 0.15) is 29.8 Å². The van der Waals surface area contributed by atoms with Crippen molar-refractivity contribution in [3.8, 4) is 0 Å². The highest BCUT2D eigenvalue weighted by Gasteiger charge is 2.34. The first-order chi connectivity index (χ1) is 15.1. The van der Waals surface area contributed by atoms with Gasteiger partial charge in [0.05, 0.1) is 5.92 Å². The zero-order valence-electron chi connectivity index (χ0n) is 18.3. The summed E-state index contributed by atoms with van der Waals surface area (Å²) in [6.07, 6.45) is 2.07. The second-order valence-corrected chi connectivity index (χ2v) is 9.77. The van der Waals surface area contributed by atoms with Gasteiger partial charge in [-0.3, -0.25) is 9.59 Å². The highest BCUT2D eigenvalue weighted by molar-refractivity contribution is 7.89. The van der Waals surface area contributed by atoms with Gasteiger partial charge in [-0.05, 0) is 43.9 Å². The van der Waals surface area contributed by atoms with E-state index in [0.29, 0.717) is 29.8 Å². The van der Waals surface area contributed by atoms with Crippen LogP contribution in [-0.4, -0.2) is 53.8 Å². The van der Waals surface area contributed by atoms with Gasteiger partial charge in [-0.25, -0.2) is 17.8 Å². The lowest BCUT2D eigenvalue weighted by Gasteiger charge is -2.29. The van der Waals surface area contributed by atoms with E-state index in [1.807, 2.05) is 0 Å². The van der Waals surface area contributed by atoms with E-state index in [1.165, 1.54) is 16.6 Å². The lowest BCUT2D eigenvalue weighted by Crippen LogP contribution is -2.41. The summed E-state index contributed by atoms with van der Waals surface area (Å²) in [5.41, 5.74) is 1.12. The molecule has 0 unspecified atom stereocenters. The Morgan fingerprint density at radius 1 is 1.25 bits per heavy atom. The smallest absolute Gasteiger partial charge is 0.309 e. The maximum absolute atomic E-state index is 13.6. The molecule has 0 atom stereocenters. The molecule has 11 heteroatoms. The van der Waals surface area contributed by atoms with Crippen molar-refractivity contribution in [1.82, 2.24) is 19.2 Å². The molecular formula is C21H27FN4O5S. The number of nitrogens with one attached hydrogen (secondary N) is 1. The van der Waals surface area contributed by atoms with E-state index in [-0.39, 0.29) is 30.5 Å². The van der Waals surface area contributed by atoms with Crippen molar-refractivity contribution < 1.29 is 27.1 Å². The number of esters is 1. The van der Waals surface area contributed by atoms with Crippen LogP contribution in [0.2, 0.25) is 0 Å². The van der Waals surface area contributed by atoms with Crippen molar-refractivity contribution in [2.75, 3.05) is 19.7 Å². The summed E-state index contributed by atoms with van der Waals surface area (Å²) in [4.78, 5) is 28.3. The number of aryl methyl sites for hydroxylation is 3. The fourth-order valence-electron chi connectivity index (χ4n) is 3.37. The van der Waals surface area contributed by atoms with Gasteiger partial charge >= 0.3 is 5.97 Å². The molecule has 1 saturated heterocycles. The number of hydrogen-bond donors (Lipinski definition) is 1. The molecule has 0 radical (unpaired) electrons. The SMILES string of the molecule is Cc1ccc(CNC(=O)COC(=O)C2CCN(S(=O)(=O)c3cn(C)c(C)n3)CC2)cc1F. The Hall–Kier alpha value is -2.79. The van der Waals surface area contributed by atoms with Gasteiger partial charge in [-0.1, -0.05) is 12.1 Å². The summed E-state index contributed by atoms with van der Waals surface area (Å²) < 4.78 is 47.1. The van der Waals surface area contributed by atoms with Crippen molar-refractivity contribution in [2.45, 2.75) is 38.3 Å². The van der Waals surface area contributed by atoms with Crippen molar-refractivity contribution in [3.63, 3.8) is 0 Å². The molecule has 174 valence electrons. The fraction of sp³-hybridized carbons (Fsp3) is 0.476. The number of ether oxygens (including phenoxy) is 1. The Bertz CT molecular complexity index is 1090. The fourth-order valence-corrected chi connectivity index (χ4v) is 4.86. The number of carbonyl (C=O) groups excluding carboxylic acids is 2.